The van der Waals surface area contributed by atoms with Gasteiger partial charge < -0.3 is 20.0 Å². The second-order valence-electron chi connectivity index (χ2n) is 9.30. The summed E-state index contributed by atoms with van der Waals surface area (Å²) in [6, 6.07) is 13.2. The summed E-state index contributed by atoms with van der Waals surface area (Å²) >= 11 is 6.34. The number of likely N-dealkylation sites (tertiary alicyclic amines) is 1. The van der Waals surface area contributed by atoms with Crippen LogP contribution in [0.3, 0.4) is 0 Å². The molecule has 2 aromatic carbocycles. The van der Waals surface area contributed by atoms with Crippen molar-refractivity contribution in [3.63, 3.8) is 0 Å². The fourth-order valence-corrected chi connectivity index (χ4v) is 5.58. The number of benzene rings is 2. The van der Waals surface area contributed by atoms with E-state index < -0.39 is 0 Å². The van der Waals surface area contributed by atoms with Gasteiger partial charge in [-0.05, 0) is 73.7 Å². The van der Waals surface area contributed by atoms with Crippen LogP contribution in [0.2, 0.25) is 5.02 Å². The molecule has 166 valence electrons. The zero-order chi connectivity index (χ0) is 22.2. The van der Waals surface area contributed by atoms with Crippen molar-refractivity contribution in [1.29, 1.82) is 0 Å². The minimum Gasteiger partial charge on any atom is -0.508 e. The molecule has 2 atom stereocenters. The van der Waals surface area contributed by atoms with Gasteiger partial charge in [0.1, 0.15) is 5.75 Å². The molecule has 5 nitrogen and oxygen atoms in total. The van der Waals surface area contributed by atoms with Gasteiger partial charge in [0, 0.05) is 31.1 Å². The highest BCUT2D eigenvalue weighted by Crippen LogP contribution is 2.50. The van der Waals surface area contributed by atoms with Crippen molar-refractivity contribution >= 4 is 17.5 Å². The van der Waals surface area contributed by atoms with Gasteiger partial charge in [-0.1, -0.05) is 35.9 Å². The van der Waals surface area contributed by atoms with Crippen LogP contribution in [0.1, 0.15) is 42.1 Å². The SMILES string of the molecule is CN(C)C(=O)C(Cc1cc(O)ccc1Cl)CN1CCC2(CC1)CC(O)c1ccccc12. The molecule has 2 N–H and O–H groups in total. The Bertz CT molecular complexity index is 954. The maximum absolute atomic E-state index is 12.9. The zero-order valence-corrected chi connectivity index (χ0v) is 19.0. The summed E-state index contributed by atoms with van der Waals surface area (Å²) in [5.41, 5.74) is 3.22. The molecule has 2 aliphatic rings. The first-order valence-electron chi connectivity index (χ1n) is 11.0. The Hall–Kier alpha value is -2.08. The number of amides is 1. The number of phenols is 1. The number of aromatic hydroxyl groups is 1. The number of piperidine rings is 1. The minimum atomic E-state index is -0.376. The van der Waals surface area contributed by atoms with E-state index in [-0.39, 0.29) is 29.1 Å². The number of carbonyl (C=O) groups excluding carboxylic acids is 1. The van der Waals surface area contributed by atoms with Crippen LogP contribution >= 0.6 is 11.6 Å². The van der Waals surface area contributed by atoms with Crippen LogP contribution in [0, 0.1) is 5.92 Å². The van der Waals surface area contributed by atoms with Crippen molar-refractivity contribution in [2.45, 2.75) is 37.2 Å². The molecule has 1 heterocycles. The van der Waals surface area contributed by atoms with Crippen molar-refractivity contribution in [3.05, 3.63) is 64.2 Å². The number of aliphatic hydroxyl groups is 1. The number of hydrogen-bond donors (Lipinski definition) is 2. The first kappa shape index (κ1) is 22.1. The lowest BCUT2D eigenvalue weighted by atomic mass is 9.73. The molecule has 1 aliphatic heterocycles. The Kier molecular flexibility index (Phi) is 6.29. The monoisotopic (exact) mass is 442 g/mol. The Balaban J connectivity index is 1.47. The second kappa shape index (κ2) is 8.81. The standard InChI is InChI=1S/C25H31ClN2O3/c1-27(2)24(31)18(13-17-14-19(29)7-8-22(17)26)16-28-11-9-25(10-12-28)15-23(30)20-5-3-4-6-21(20)25/h3-8,14,18,23,29-30H,9-13,15-16H2,1-2H3. The van der Waals surface area contributed by atoms with Crippen molar-refractivity contribution in [2.24, 2.45) is 5.92 Å². The number of fused-ring (bicyclic) bond motifs is 2. The summed E-state index contributed by atoms with van der Waals surface area (Å²) in [6.07, 6.45) is 2.87. The molecule has 1 aliphatic carbocycles. The van der Waals surface area contributed by atoms with E-state index in [9.17, 15) is 15.0 Å². The lowest BCUT2D eigenvalue weighted by Crippen LogP contribution is -2.46. The van der Waals surface area contributed by atoms with Crippen molar-refractivity contribution in [2.75, 3.05) is 33.7 Å². The summed E-state index contributed by atoms with van der Waals surface area (Å²) in [5, 5.41) is 21.0. The molecule has 0 bridgehead atoms. The van der Waals surface area contributed by atoms with E-state index in [0.717, 1.165) is 43.5 Å². The molecule has 0 radical (unpaired) electrons. The fraction of sp³-hybridized carbons (Fsp3) is 0.480. The predicted molar refractivity (Wildman–Crippen MR) is 122 cm³/mol. The third kappa shape index (κ3) is 4.45. The number of carbonyl (C=O) groups is 1. The molecule has 4 rings (SSSR count). The van der Waals surface area contributed by atoms with Gasteiger partial charge in [-0.25, -0.2) is 0 Å². The molecule has 6 heteroatoms. The van der Waals surface area contributed by atoms with Crippen LogP contribution in [-0.2, 0) is 16.6 Å². The number of aliphatic hydroxyl groups excluding tert-OH is 1. The van der Waals surface area contributed by atoms with E-state index in [1.807, 2.05) is 12.1 Å². The average Bonchev–Trinajstić information content (AvgIpc) is 3.03. The number of hydrogen-bond acceptors (Lipinski definition) is 4. The number of phenolic OH excluding ortho intramolecular Hbond substituents is 1. The maximum Gasteiger partial charge on any atom is 0.226 e. The van der Waals surface area contributed by atoms with Crippen LogP contribution < -0.4 is 0 Å². The highest BCUT2D eigenvalue weighted by atomic mass is 35.5. The highest BCUT2D eigenvalue weighted by Gasteiger charge is 2.45. The first-order chi connectivity index (χ1) is 14.8. The van der Waals surface area contributed by atoms with Gasteiger partial charge in [-0.3, -0.25) is 4.79 Å². The fourth-order valence-electron chi connectivity index (χ4n) is 5.39. The molecule has 1 amide bonds. The number of halogens is 1. The number of nitrogens with zero attached hydrogens (tertiary/aromatic N) is 2. The van der Waals surface area contributed by atoms with E-state index in [0.29, 0.717) is 18.0 Å². The normalized spacial score (nSPS) is 21.1. The molecule has 1 spiro atoms. The van der Waals surface area contributed by atoms with Crippen molar-refractivity contribution in [1.82, 2.24) is 9.80 Å². The molecule has 0 saturated carbocycles. The van der Waals surface area contributed by atoms with Crippen LogP contribution in [0.4, 0.5) is 0 Å². The first-order valence-corrected chi connectivity index (χ1v) is 11.4. The Morgan fingerprint density at radius 2 is 1.94 bits per heavy atom. The summed E-state index contributed by atoms with van der Waals surface area (Å²) < 4.78 is 0. The third-order valence-electron chi connectivity index (χ3n) is 7.05. The van der Waals surface area contributed by atoms with Gasteiger partial charge in [0.05, 0.1) is 12.0 Å². The van der Waals surface area contributed by atoms with E-state index in [4.69, 9.17) is 11.6 Å². The van der Waals surface area contributed by atoms with Gasteiger partial charge in [-0.2, -0.15) is 0 Å². The summed E-state index contributed by atoms with van der Waals surface area (Å²) in [7, 11) is 3.56. The van der Waals surface area contributed by atoms with Crippen molar-refractivity contribution < 1.29 is 15.0 Å². The van der Waals surface area contributed by atoms with Crippen LogP contribution in [0.5, 0.6) is 5.75 Å². The Labute approximate surface area is 189 Å². The minimum absolute atomic E-state index is 0.0437. The van der Waals surface area contributed by atoms with Gasteiger partial charge >= 0.3 is 0 Å². The molecule has 31 heavy (non-hydrogen) atoms. The molecule has 1 fully saturated rings. The van der Waals surface area contributed by atoms with Crippen LogP contribution in [0.25, 0.3) is 0 Å². The Morgan fingerprint density at radius 1 is 1.23 bits per heavy atom. The summed E-state index contributed by atoms with van der Waals surface area (Å²) in [6.45, 7) is 2.45. The zero-order valence-electron chi connectivity index (χ0n) is 18.2. The molecular formula is C25H31ClN2O3. The van der Waals surface area contributed by atoms with Crippen LogP contribution in [0.15, 0.2) is 42.5 Å². The Morgan fingerprint density at radius 3 is 2.65 bits per heavy atom. The summed E-state index contributed by atoms with van der Waals surface area (Å²) in [4.78, 5) is 16.9. The van der Waals surface area contributed by atoms with Gasteiger partial charge in [0.15, 0.2) is 0 Å². The van der Waals surface area contributed by atoms with E-state index in [1.165, 1.54) is 5.56 Å². The summed E-state index contributed by atoms with van der Waals surface area (Å²) in [5.74, 6) is -0.0000390. The smallest absolute Gasteiger partial charge is 0.226 e. The van der Waals surface area contributed by atoms with Gasteiger partial charge in [0.2, 0.25) is 5.91 Å². The lowest BCUT2D eigenvalue weighted by molar-refractivity contribution is -0.133. The largest absolute Gasteiger partial charge is 0.508 e. The van der Waals surface area contributed by atoms with Gasteiger partial charge in [-0.15, -0.1) is 0 Å². The van der Waals surface area contributed by atoms with Gasteiger partial charge in [0.25, 0.3) is 0 Å². The van der Waals surface area contributed by atoms with Crippen LogP contribution in [-0.4, -0.2) is 59.6 Å². The average molecular weight is 443 g/mol. The predicted octanol–water partition coefficient (Wildman–Crippen LogP) is 3.76. The lowest BCUT2D eigenvalue weighted by Gasteiger charge is -2.41. The number of rotatable bonds is 5. The molecule has 2 unspecified atom stereocenters. The van der Waals surface area contributed by atoms with E-state index in [2.05, 4.69) is 17.0 Å². The highest BCUT2D eigenvalue weighted by molar-refractivity contribution is 6.31. The third-order valence-corrected chi connectivity index (χ3v) is 7.42. The maximum atomic E-state index is 12.9. The van der Waals surface area contributed by atoms with E-state index in [1.54, 1.807) is 37.2 Å². The topological polar surface area (TPSA) is 64.0 Å². The second-order valence-corrected chi connectivity index (χ2v) is 9.70. The molecule has 2 aromatic rings. The molecular weight excluding hydrogens is 412 g/mol. The molecule has 0 aromatic heterocycles. The van der Waals surface area contributed by atoms with Crippen molar-refractivity contribution in [3.8, 4) is 5.75 Å². The van der Waals surface area contributed by atoms with E-state index >= 15 is 0 Å². The molecule has 1 saturated heterocycles. The quantitative estimate of drug-likeness (QED) is 0.740.